The summed E-state index contributed by atoms with van der Waals surface area (Å²) in [6.45, 7) is 12.7. The summed E-state index contributed by atoms with van der Waals surface area (Å²) in [5.74, 6) is 1.96. The molecule has 1 fully saturated rings. The molecule has 0 spiro atoms. The summed E-state index contributed by atoms with van der Waals surface area (Å²) in [6.07, 6.45) is 3.52. The van der Waals surface area contributed by atoms with Crippen molar-refractivity contribution in [3.8, 4) is 17.2 Å². The summed E-state index contributed by atoms with van der Waals surface area (Å²) >= 11 is 0. The number of ether oxygens (including phenoxy) is 3. The first-order valence-corrected chi connectivity index (χ1v) is 12.0. The monoisotopic (exact) mass is 455 g/mol. The van der Waals surface area contributed by atoms with Gasteiger partial charge in [0.25, 0.3) is 0 Å². The van der Waals surface area contributed by atoms with E-state index in [-0.39, 0.29) is 11.5 Å². The van der Waals surface area contributed by atoms with Crippen LogP contribution in [0.1, 0.15) is 69.2 Å². The Hall–Kier alpha value is -2.24. The smallest absolute Gasteiger partial charge is 0.161 e. The van der Waals surface area contributed by atoms with E-state index in [2.05, 4.69) is 51.7 Å². The van der Waals surface area contributed by atoms with Crippen molar-refractivity contribution in [3.05, 3.63) is 52.6 Å². The molecule has 2 unspecified atom stereocenters. The molecular weight excluding hydrogens is 414 g/mol. The van der Waals surface area contributed by atoms with E-state index in [1.165, 1.54) is 12.0 Å². The lowest BCUT2D eigenvalue weighted by Crippen LogP contribution is -2.51. The quantitative estimate of drug-likeness (QED) is 0.603. The Kier molecular flexibility index (Phi) is 7.65. The van der Waals surface area contributed by atoms with Gasteiger partial charge in [-0.15, -0.1) is 0 Å². The molecule has 1 aliphatic rings. The normalized spacial score (nSPS) is 17.8. The van der Waals surface area contributed by atoms with Crippen LogP contribution in [0.15, 0.2) is 30.3 Å². The van der Waals surface area contributed by atoms with E-state index >= 15 is 0 Å². The van der Waals surface area contributed by atoms with Crippen LogP contribution in [0.25, 0.3) is 0 Å². The molecule has 1 N–H and O–H groups in total. The summed E-state index contributed by atoms with van der Waals surface area (Å²) in [4.78, 5) is 2.40. The minimum atomic E-state index is -1.31. The second kappa shape index (κ2) is 9.94. The maximum atomic E-state index is 12.8. The van der Waals surface area contributed by atoms with E-state index in [9.17, 15) is 5.11 Å². The number of methoxy groups -OCH3 is 3. The zero-order valence-electron chi connectivity index (χ0n) is 21.6. The van der Waals surface area contributed by atoms with Gasteiger partial charge in [-0.2, -0.15) is 0 Å². The third-order valence-corrected chi connectivity index (χ3v) is 7.12. The number of rotatable bonds is 7. The van der Waals surface area contributed by atoms with Gasteiger partial charge in [0.1, 0.15) is 11.4 Å². The van der Waals surface area contributed by atoms with Crippen molar-refractivity contribution in [1.29, 1.82) is 0 Å². The minimum Gasteiger partial charge on any atom is -0.496 e. The maximum absolute atomic E-state index is 12.8. The van der Waals surface area contributed by atoms with Crippen LogP contribution in [0, 0.1) is 6.92 Å². The van der Waals surface area contributed by atoms with E-state index in [1.54, 1.807) is 21.3 Å². The molecule has 5 heteroatoms. The molecule has 33 heavy (non-hydrogen) atoms. The number of hydrogen-bond donors (Lipinski definition) is 1. The standard InChI is InChI=1S/C28H41NO4/c1-19-16-22(27(3,4)5)17-23(26(19)33-8)28(30,20(2)29-14-10-9-11-15-29)21-12-13-24(31-6)25(18-21)32-7/h12-13,16-18,20,30H,9-11,14-15H2,1-8H3. The highest BCUT2D eigenvalue weighted by molar-refractivity contribution is 5.55. The van der Waals surface area contributed by atoms with Gasteiger partial charge >= 0.3 is 0 Å². The zero-order chi connectivity index (χ0) is 24.4. The number of nitrogens with zero attached hydrogens (tertiary/aromatic N) is 1. The fourth-order valence-corrected chi connectivity index (χ4v) is 5.03. The Balaban J connectivity index is 2.31. The summed E-state index contributed by atoms with van der Waals surface area (Å²) in [6, 6.07) is 9.85. The topological polar surface area (TPSA) is 51.2 Å². The Bertz CT molecular complexity index is 959. The molecule has 1 heterocycles. The van der Waals surface area contributed by atoms with Crippen molar-refractivity contribution in [3.63, 3.8) is 0 Å². The Morgan fingerprint density at radius 2 is 1.48 bits per heavy atom. The van der Waals surface area contributed by atoms with Crippen LogP contribution >= 0.6 is 0 Å². The second-order valence-electron chi connectivity index (χ2n) is 10.2. The van der Waals surface area contributed by atoms with Crippen LogP contribution < -0.4 is 14.2 Å². The summed E-state index contributed by atoms with van der Waals surface area (Å²) < 4.78 is 17.0. The number of aliphatic hydroxyl groups is 1. The highest BCUT2D eigenvalue weighted by Crippen LogP contribution is 2.45. The molecule has 2 aromatic rings. The van der Waals surface area contributed by atoms with Crippen LogP contribution in [-0.4, -0.2) is 50.5 Å². The second-order valence-corrected chi connectivity index (χ2v) is 10.2. The van der Waals surface area contributed by atoms with Crippen molar-refractivity contribution < 1.29 is 19.3 Å². The largest absolute Gasteiger partial charge is 0.496 e. The zero-order valence-corrected chi connectivity index (χ0v) is 21.6. The first kappa shape index (κ1) is 25.4. The van der Waals surface area contributed by atoms with E-state index in [4.69, 9.17) is 14.2 Å². The third kappa shape index (κ3) is 4.85. The molecule has 0 bridgehead atoms. The van der Waals surface area contributed by atoms with Gasteiger partial charge < -0.3 is 19.3 Å². The van der Waals surface area contributed by atoms with Gasteiger partial charge in [0.15, 0.2) is 11.5 Å². The van der Waals surface area contributed by atoms with Gasteiger partial charge in [-0.25, -0.2) is 0 Å². The van der Waals surface area contributed by atoms with Crippen LogP contribution in [0.4, 0.5) is 0 Å². The van der Waals surface area contributed by atoms with Gasteiger partial charge in [0, 0.05) is 11.6 Å². The van der Waals surface area contributed by atoms with Gasteiger partial charge in [-0.1, -0.05) is 39.3 Å². The summed E-state index contributed by atoms with van der Waals surface area (Å²) in [7, 11) is 4.93. The molecule has 5 nitrogen and oxygen atoms in total. The molecular formula is C28H41NO4. The molecule has 0 amide bonds. The highest BCUT2D eigenvalue weighted by Gasteiger charge is 2.44. The van der Waals surface area contributed by atoms with Gasteiger partial charge in [-0.3, -0.25) is 4.90 Å². The van der Waals surface area contributed by atoms with Crippen molar-refractivity contribution in [1.82, 2.24) is 4.90 Å². The molecule has 0 aliphatic carbocycles. The number of benzene rings is 2. The van der Waals surface area contributed by atoms with Crippen LogP contribution in [-0.2, 0) is 11.0 Å². The third-order valence-electron chi connectivity index (χ3n) is 7.12. The number of aryl methyl sites for hydroxylation is 1. The molecule has 0 radical (unpaired) electrons. The molecule has 0 aromatic heterocycles. The lowest BCUT2D eigenvalue weighted by atomic mass is 9.75. The molecule has 1 saturated heterocycles. The summed E-state index contributed by atoms with van der Waals surface area (Å²) in [5, 5.41) is 12.8. The fraction of sp³-hybridized carbons (Fsp3) is 0.571. The predicted octanol–water partition coefficient (Wildman–Crippen LogP) is 5.43. The molecule has 1 aliphatic heterocycles. The summed E-state index contributed by atoms with van der Waals surface area (Å²) in [5.41, 5.74) is 2.36. The Morgan fingerprint density at radius 1 is 0.848 bits per heavy atom. The van der Waals surface area contributed by atoms with Crippen molar-refractivity contribution in [2.24, 2.45) is 0 Å². The first-order valence-electron chi connectivity index (χ1n) is 12.0. The van der Waals surface area contributed by atoms with Gasteiger partial charge in [0.2, 0.25) is 0 Å². The molecule has 2 aromatic carbocycles. The molecule has 3 rings (SSSR count). The van der Waals surface area contributed by atoms with E-state index < -0.39 is 5.60 Å². The SMILES string of the molecule is COc1ccc(C(O)(c2cc(C(C)(C)C)cc(C)c2OC)C(C)N2CCCCC2)cc1OC. The predicted molar refractivity (Wildman–Crippen MR) is 134 cm³/mol. The van der Waals surface area contributed by atoms with Crippen molar-refractivity contribution in [2.45, 2.75) is 70.9 Å². The number of hydrogen-bond acceptors (Lipinski definition) is 5. The van der Waals surface area contributed by atoms with Gasteiger partial charge in [0.05, 0.1) is 21.3 Å². The first-order chi connectivity index (χ1) is 15.6. The van der Waals surface area contributed by atoms with Crippen LogP contribution in [0.3, 0.4) is 0 Å². The lowest BCUT2D eigenvalue weighted by Gasteiger charge is -2.44. The molecule has 0 saturated carbocycles. The number of piperidine rings is 1. The number of likely N-dealkylation sites (tertiary alicyclic amines) is 1. The van der Waals surface area contributed by atoms with E-state index in [0.29, 0.717) is 11.5 Å². The lowest BCUT2D eigenvalue weighted by molar-refractivity contribution is -0.0212. The van der Waals surface area contributed by atoms with Crippen molar-refractivity contribution >= 4 is 0 Å². The van der Waals surface area contributed by atoms with Crippen LogP contribution in [0.2, 0.25) is 0 Å². The average Bonchev–Trinajstić information content (AvgIpc) is 2.81. The van der Waals surface area contributed by atoms with E-state index in [1.807, 2.05) is 18.2 Å². The molecule has 182 valence electrons. The van der Waals surface area contributed by atoms with E-state index in [0.717, 1.165) is 48.4 Å². The highest BCUT2D eigenvalue weighted by atomic mass is 16.5. The van der Waals surface area contributed by atoms with Gasteiger partial charge in [-0.05, 0) is 80.1 Å². The van der Waals surface area contributed by atoms with Crippen LogP contribution in [0.5, 0.6) is 17.2 Å². The Labute approximate surface area is 199 Å². The fourth-order valence-electron chi connectivity index (χ4n) is 5.03. The maximum Gasteiger partial charge on any atom is 0.161 e. The minimum absolute atomic E-state index is 0.0708. The average molecular weight is 456 g/mol. The molecule has 2 atom stereocenters. The Morgan fingerprint density at radius 3 is 2.03 bits per heavy atom. The van der Waals surface area contributed by atoms with Crippen molar-refractivity contribution in [2.75, 3.05) is 34.4 Å².